The van der Waals surface area contributed by atoms with Gasteiger partial charge in [-0.15, -0.1) is 0 Å². The van der Waals surface area contributed by atoms with Crippen molar-refractivity contribution in [2.75, 3.05) is 0 Å². The SMILES string of the molecule is CC1=C(c2nc(-c3ccccc3)no2)C(c2ccc(Cl)cc2)NC(=O)N1Cc1ccc(F)cc1. The number of aromatic nitrogens is 2. The van der Waals surface area contributed by atoms with Crippen LogP contribution in [0.5, 0.6) is 0 Å². The van der Waals surface area contributed by atoms with E-state index in [9.17, 15) is 9.18 Å². The van der Waals surface area contributed by atoms with Gasteiger partial charge in [0.2, 0.25) is 5.82 Å². The summed E-state index contributed by atoms with van der Waals surface area (Å²) in [6.07, 6.45) is 0. The van der Waals surface area contributed by atoms with Gasteiger partial charge in [-0.2, -0.15) is 4.98 Å². The van der Waals surface area contributed by atoms with Crippen molar-refractivity contribution in [3.8, 4) is 11.4 Å². The van der Waals surface area contributed by atoms with Gasteiger partial charge < -0.3 is 9.84 Å². The highest BCUT2D eigenvalue weighted by Gasteiger charge is 2.35. The van der Waals surface area contributed by atoms with Crippen molar-refractivity contribution in [2.24, 2.45) is 0 Å². The summed E-state index contributed by atoms with van der Waals surface area (Å²) in [5, 5.41) is 7.80. The third kappa shape index (κ3) is 4.30. The van der Waals surface area contributed by atoms with Crippen LogP contribution >= 0.6 is 11.6 Å². The van der Waals surface area contributed by atoms with Crippen LogP contribution < -0.4 is 5.32 Å². The Morgan fingerprint density at radius 1 is 1.03 bits per heavy atom. The Balaban J connectivity index is 1.59. The lowest BCUT2D eigenvalue weighted by molar-refractivity contribution is 0.203. The normalized spacial score (nSPS) is 16.0. The lowest BCUT2D eigenvalue weighted by Crippen LogP contribution is -2.45. The molecule has 2 amide bonds. The van der Waals surface area contributed by atoms with Crippen LogP contribution in [0.1, 0.15) is 30.0 Å². The monoisotopic (exact) mass is 474 g/mol. The van der Waals surface area contributed by atoms with Gasteiger partial charge in [0.15, 0.2) is 0 Å². The van der Waals surface area contributed by atoms with Crippen LogP contribution in [0.25, 0.3) is 17.0 Å². The van der Waals surface area contributed by atoms with Crippen molar-refractivity contribution in [1.82, 2.24) is 20.4 Å². The Hall–Kier alpha value is -3.97. The van der Waals surface area contributed by atoms with Crippen LogP contribution in [0.2, 0.25) is 5.02 Å². The van der Waals surface area contributed by atoms with Crippen LogP contribution in [0, 0.1) is 5.82 Å². The number of urea groups is 1. The van der Waals surface area contributed by atoms with Crippen molar-refractivity contribution >= 4 is 23.2 Å². The average molecular weight is 475 g/mol. The molecule has 1 unspecified atom stereocenters. The second kappa shape index (κ2) is 9.11. The van der Waals surface area contributed by atoms with Gasteiger partial charge in [-0.05, 0) is 42.3 Å². The minimum Gasteiger partial charge on any atom is -0.334 e. The minimum absolute atomic E-state index is 0.258. The van der Waals surface area contributed by atoms with E-state index in [-0.39, 0.29) is 18.4 Å². The Morgan fingerprint density at radius 2 is 1.74 bits per heavy atom. The van der Waals surface area contributed by atoms with Gasteiger partial charge in [-0.25, -0.2) is 9.18 Å². The van der Waals surface area contributed by atoms with Gasteiger partial charge in [0, 0.05) is 16.3 Å². The van der Waals surface area contributed by atoms with Crippen LogP contribution in [-0.2, 0) is 6.54 Å². The van der Waals surface area contributed by atoms with Crippen LogP contribution in [0.15, 0.2) is 89.1 Å². The highest BCUT2D eigenvalue weighted by molar-refractivity contribution is 6.30. The zero-order valence-electron chi connectivity index (χ0n) is 18.2. The fourth-order valence-corrected chi connectivity index (χ4v) is 4.09. The van der Waals surface area contributed by atoms with E-state index in [4.69, 9.17) is 16.1 Å². The number of benzene rings is 3. The molecule has 1 aliphatic heterocycles. The lowest BCUT2D eigenvalue weighted by Gasteiger charge is -2.35. The Kier molecular flexibility index (Phi) is 5.86. The summed E-state index contributed by atoms with van der Waals surface area (Å²) in [5.41, 5.74) is 3.78. The fraction of sp³-hybridized carbons (Fsp3) is 0.115. The van der Waals surface area contributed by atoms with Crippen molar-refractivity contribution in [3.05, 3.63) is 112 Å². The molecule has 0 aliphatic carbocycles. The summed E-state index contributed by atoms with van der Waals surface area (Å²) in [6.45, 7) is 2.10. The first-order valence-electron chi connectivity index (χ1n) is 10.7. The summed E-state index contributed by atoms with van der Waals surface area (Å²) in [6, 6.07) is 22.0. The zero-order valence-corrected chi connectivity index (χ0v) is 19.0. The van der Waals surface area contributed by atoms with E-state index in [1.807, 2.05) is 49.4 Å². The van der Waals surface area contributed by atoms with E-state index in [1.54, 1.807) is 29.2 Å². The van der Waals surface area contributed by atoms with E-state index in [0.717, 1.165) is 16.7 Å². The molecule has 6 nitrogen and oxygen atoms in total. The molecule has 0 radical (unpaired) electrons. The molecule has 2 heterocycles. The van der Waals surface area contributed by atoms with Crippen molar-refractivity contribution in [1.29, 1.82) is 0 Å². The van der Waals surface area contributed by atoms with E-state index < -0.39 is 6.04 Å². The summed E-state index contributed by atoms with van der Waals surface area (Å²) >= 11 is 6.08. The Bertz CT molecular complexity index is 1350. The van der Waals surface area contributed by atoms with Crippen LogP contribution in [0.3, 0.4) is 0 Å². The summed E-state index contributed by atoms with van der Waals surface area (Å²) in [4.78, 5) is 19.4. The third-order valence-corrected chi connectivity index (χ3v) is 5.99. The smallest absolute Gasteiger partial charge is 0.322 e. The first-order valence-corrected chi connectivity index (χ1v) is 11.1. The molecule has 3 aromatic carbocycles. The lowest BCUT2D eigenvalue weighted by atomic mass is 9.94. The molecule has 0 fully saturated rings. The molecule has 0 saturated heterocycles. The number of rotatable bonds is 5. The molecule has 170 valence electrons. The Labute approximate surface area is 200 Å². The largest absolute Gasteiger partial charge is 0.334 e. The molecule has 0 saturated carbocycles. The number of hydrogen-bond donors (Lipinski definition) is 1. The van der Waals surface area contributed by atoms with E-state index in [1.165, 1.54) is 12.1 Å². The van der Waals surface area contributed by atoms with Gasteiger partial charge >= 0.3 is 6.03 Å². The van der Waals surface area contributed by atoms with E-state index in [0.29, 0.717) is 28.0 Å². The molecule has 1 N–H and O–H groups in total. The highest BCUT2D eigenvalue weighted by Crippen LogP contribution is 2.38. The summed E-state index contributed by atoms with van der Waals surface area (Å²) < 4.78 is 19.1. The molecular weight excluding hydrogens is 455 g/mol. The molecule has 4 aromatic rings. The maximum absolute atomic E-state index is 13.4. The second-order valence-electron chi connectivity index (χ2n) is 7.93. The molecule has 0 bridgehead atoms. The maximum atomic E-state index is 13.4. The molecule has 5 rings (SSSR count). The standard InChI is InChI=1S/C26H20ClFN4O2/c1-16-22(25-30-24(31-34-25)19-5-3-2-4-6-19)23(18-9-11-20(27)12-10-18)29-26(33)32(16)15-17-7-13-21(28)14-8-17/h2-14,23H,15H2,1H3,(H,29,33). The number of carbonyl (C=O) groups excluding carboxylic acids is 1. The number of nitrogens with one attached hydrogen (secondary N) is 1. The zero-order chi connectivity index (χ0) is 23.7. The van der Waals surface area contributed by atoms with Crippen LogP contribution in [0.4, 0.5) is 9.18 Å². The number of amides is 2. The molecule has 34 heavy (non-hydrogen) atoms. The van der Waals surface area contributed by atoms with Gasteiger partial charge in [0.25, 0.3) is 5.89 Å². The van der Waals surface area contributed by atoms with Crippen molar-refractivity contribution < 1.29 is 13.7 Å². The van der Waals surface area contributed by atoms with Crippen LogP contribution in [-0.4, -0.2) is 21.1 Å². The maximum Gasteiger partial charge on any atom is 0.322 e. The summed E-state index contributed by atoms with van der Waals surface area (Å²) in [5.74, 6) is 0.426. The first-order chi connectivity index (χ1) is 16.5. The number of halogens is 2. The summed E-state index contributed by atoms with van der Waals surface area (Å²) in [7, 11) is 0. The number of allylic oxidation sites excluding steroid dienone is 1. The predicted octanol–water partition coefficient (Wildman–Crippen LogP) is 6.23. The Morgan fingerprint density at radius 3 is 2.44 bits per heavy atom. The highest BCUT2D eigenvalue weighted by atomic mass is 35.5. The van der Waals surface area contributed by atoms with Gasteiger partial charge in [0.05, 0.1) is 18.2 Å². The first kappa shape index (κ1) is 21.9. The predicted molar refractivity (Wildman–Crippen MR) is 127 cm³/mol. The molecular formula is C26H20ClFN4O2. The average Bonchev–Trinajstić information content (AvgIpc) is 3.33. The van der Waals surface area contributed by atoms with Crippen molar-refractivity contribution in [3.63, 3.8) is 0 Å². The number of nitrogens with zero attached hydrogens (tertiary/aromatic N) is 3. The van der Waals surface area contributed by atoms with Gasteiger partial charge in [0.1, 0.15) is 5.82 Å². The quantitative estimate of drug-likeness (QED) is 0.372. The minimum atomic E-state index is -0.515. The van der Waals surface area contributed by atoms with Gasteiger partial charge in [-0.1, -0.05) is 71.4 Å². The van der Waals surface area contributed by atoms with E-state index in [2.05, 4.69) is 15.5 Å². The van der Waals surface area contributed by atoms with Gasteiger partial charge in [-0.3, -0.25) is 4.90 Å². The second-order valence-corrected chi connectivity index (χ2v) is 8.37. The van der Waals surface area contributed by atoms with Crippen molar-refractivity contribution in [2.45, 2.75) is 19.5 Å². The molecule has 1 atom stereocenters. The number of hydrogen-bond acceptors (Lipinski definition) is 4. The topological polar surface area (TPSA) is 71.3 Å². The fourth-order valence-electron chi connectivity index (χ4n) is 3.96. The molecule has 0 spiro atoms. The van der Waals surface area contributed by atoms with E-state index >= 15 is 0 Å². The number of carbonyl (C=O) groups is 1. The third-order valence-electron chi connectivity index (χ3n) is 5.74. The molecule has 1 aromatic heterocycles. The molecule has 1 aliphatic rings. The molecule has 8 heteroatoms.